The fourth-order valence-corrected chi connectivity index (χ4v) is 1.20. The minimum Gasteiger partial charge on any atom is -0.381 e. The van der Waals surface area contributed by atoms with Crippen molar-refractivity contribution in [3.63, 3.8) is 0 Å². The molecule has 0 aliphatic rings. The second kappa shape index (κ2) is 7.93. The molecule has 0 saturated heterocycles. The molecule has 1 unspecified atom stereocenters. The normalized spacial score (nSPS) is 14.2. The third kappa shape index (κ3) is 10.0. The van der Waals surface area contributed by atoms with Gasteiger partial charge in [0.2, 0.25) is 0 Å². The molecule has 92 valence electrons. The molecule has 0 aromatic heterocycles. The maximum Gasteiger partial charge on any atom is 0.390 e. The van der Waals surface area contributed by atoms with E-state index in [-0.39, 0.29) is 0 Å². The van der Waals surface area contributed by atoms with E-state index >= 15 is 0 Å². The SMILES string of the molecule is CCCCOCCC(CC(F)(F)F)NC. The van der Waals surface area contributed by atoms with Crippen molar-refractivity contribution < 1.29 is 17.9 Å². The summed E-state index contributed by atoms with van der Waals surface area (Å²) in [7, 11) is 1.54. The van der Waals surface area contributed by atoms with Gasteiger partial charge in [0, 0.05) is 19.3 Å². The quantitative estimate of drug-likeness (QED) is 0.644. The molecule has 0 amide bonds. The number of alkyl halides is 3. The van der Waals surface area contributed by atoms with Crippen molar-refractivity contribution in [1.29, 1.82) is 0 Å². The Kier molecular flexibility index (Phi) is 7.78. The van der Waals surface area contributed by atoms with Crippen molar-refractivity contribution >= 4 is 0 Å². The van der Waals surface area contributed by atoms with Crippen LogP contribution in [0.5, 0.6) is 0 Å². The smallest absolute Gasteiger partial charge is 0.381 e. The first-order chi connectivity index (χ1) is 6.99. The topological polar surface area (TPSA) is 21.3 Å². The number of unbranched alkanes of at least 4 members (excludes halogenated alkanes) is 1. The molecule has 2 nitrogen and oxygen atoms in total. The molecule has 0 aliphatic carbocycles. The molecule has 0 fully saturated rings. The Hall–Kier alpha value is -0.290. The van der Waals surface area contributed by atoms with Crippen molar-refractivity contribution in [1.82, 2.24) is 5.32 Å². The minimum atomic E-state index is -4.10. The van der Waals surface area contributed by atoms with Gasteiger partial charge in [-0.1, -0.05) is 13.3 Å². The van der Waals surface area contributed by atoms with Gasteiger partial charge in [0.05, 0.1) is 6.42 Å². The van der Waals surface area contributed by atoms with Gasteiger partial charge in [0.15, 0.2) is 0 Å². The molecule has 0 radical (unpaired) electrons. The van der Waals surface area contributed by atoms with Crippen LogP contribution >= 0.6 is 0 Å². The average molecular weight is 227 g/mol. The fourth-order valence-electron chi connectivity index (χ4n) is 1.20. The molecule has 0 rings (SSSR count). The molecular formula is C10H20F3NO. The number of ether oxygens (including phenoxy) is 1. The van der Waals surface area contributed by atoms with E-state index in [0.29, 0.717) is 19.6 Å². The maximum atomic E-state index is 12.0. The van der Waals surface area contributed by atoms with E-state index < -0.39 is 18.6 Å². The molecule has 0 spiro atoms. The monoisotopic (exact) mass is 227 g/mol. The second-order valence-corrected chi connectivity index (χ2v) is 3.56. The van der Waals surface area contributed by atoms with Crippen LogP contribution in [0.4, 0.5) is 13.2 Å². The first-order valence-corrected chi connectivity index (χ1v) is 5.31. The molecule has 1 atom stereocenters. The highest BCUT2D eigenvalue weighted by molar-refractivity contribution is 4.68. The highest BCUT2D eigenvalue weighted by atomic mass is 19.4. The first-order valence-electron chi connectivity index (χ1n) is 5.31. The lowest BCUT2D eigenvalue weighted by atomic mass is 10.1. The van der Waals surface area contributed by atoms with Crippen molar-refractivity contribution in [3.05, 3.63) is 0 Å². The molecule has 0 heterocycles. The van der Waals surface area contributed by atoms with E-state index in [1.54, 1.807) is 7.05 Å². The van der Waals surface area contributed by atoms with Crippen molar-refractivity contribution in [2.45, 2.75) is 44.8 Å². The van der Waals surface area contributed by atoms with E-state index in [1.807, 2.05) is 6.92 Å². The summed E-state index contributed by atoms with van der Waals surface area (Å²) < 4.78 is 41.3. The summed E-state index contributed by atoms with van der Waals surface area (Å²) in [6, 6.07) is -0.536. The Bertz CT molecular complexity index is 150. The zero-order valence-corrected chi connectivity index (χ0v) is 9.36. The predicted octanol–water partition coefficient (Wildman–Crippen LogP) is 2.73. The van der Waals surface area contributed by atoms with Crippen molar-refractivity contribution in [3.8, 4) is 0 Å². The van der Waals surface area contributed by atoms with Crippen LogP contribution in [0.3, 0.4) is 0 Å². The van der Waals surface area contributed by atoms with E-state index in [4.69, 9.17) is 4.74 Å². The summed E-state index contributed by atoms with van der Waals surface area (Å²) in [5.74, 6) is 0. The van der Waals surface area contributed by atoms with Crippen LogP contribution in [0.2, 0.25) is 0 Å². The van der Waals surface area contributed by atoms with Crippen LogP contribution in [-0.2, 0) is 4.74 Å². The van der Waals surface area contributed by atoms with Crippen LogP contribution in [0, 0.1) is 0 Å². The van der Waals surface area contributed by atoms with Crippen LogP contribution < -0.4 is 5.32 Å². The number of halogens is 3. The van der Waals surface area contributed by atoms with Crippen LogP contribution in [0.15, 0.2) is 0 Å². The molecule has 5 heteroatoms. The third-order valence-electron chi connectivity index (χ3n) is 2.14. The Morgan fingerprint density at radius 3 is 2.40 bits per heavy atom. The van der Waals surface area contributed by atoms with Gasteiger partial charge in [0.25, 0.3) is 0 Å². The van der Waals surface area contributed by atoms with Gasteiger partial charge < -0.3 is 10.1 Å². The predicted molar refractivity (Wildman–Crippen MR) is 53.9 cm³/mol. The van der Waals surface area contributed by atoms with Gasteiger partial charge >= 0.3 is 6.18 Å². The maximum absolute atomic E-state index is 12.0. The molecular weight excluding hydrogens is 207 g/mol. The lowest BCUT2D eigenvalue weighted by Crippen LogP contribution is -2.32. The molecule has 1 N–H and O–H groups in total. The average Bonchev–Trinajstić information content (AvgIpc) is 2.14. The zero-order valence-electron chi connectivity index (χ0n) is 9.36. The highest BCUT2D eigenvalue weighted by Crippen LogP contribution is 2.22. The van der Waals surface area contributed by atoms with Gasteiger partial charge in [-0.05, 0) is 19.9 Å². The molecule has 0 bridgehead atoms. The second-order valence-electron chi connectivity index (χ2n) is 3.56. The summed E-state index contributed by atoms with van der Waals surface area (Å²) >= 11 is 0. The summed E-state index contributed by atoms with van der Waals surface area (Å²) in [5, 5.41) is 2.65. The lowest BCUT2D eigenvalue weighted by Gasteiger charge is -2.17. The molecule has 0 aromatic carbocycles. The molecule has 0 saturated carbocycles. The number of nitrogens with one attached hydrogen (secondary N) is 1. The molecule has 0 aromatic rings. The standard InChI is InChI=1S/C10H20F3NO/c1-3-4-6-15-7-5-9(14-2)8-10(11,12)13/h9,14H,3-8H2,1-2H3. The largest absolute Gasteiger partial charge is 0.390 e. The lowest BCUT2D eigenvalue weighted by molar-refractivity contribution is -0.140. The van der Waals surface area contributed by atoms with E-state index in [0.717, 1.165) is 12.8 Å². The number of hydrogen-bond acceptors (Lipinski definition) is 2. The Morgan fingerprint density at radius 1 is 1.27 bits per heavy atom. The molecule has 0 aliphatic heterocycles. The Morgan fingerprint density at radius 2 is 1.93 bits per heavy atom. The van der Waals surface area contributed by atoms with Crippen LogP contribution in [0.1, 0.15) is 32.6 Å². The summed E-state index contributed by atoms with van der Waals surface area (Å²) in [5.41, 5.74) is 0. The van der Waals surface area contributed by atoms with E-state index in [9.17, 15) is 13.2 Å². The van der Waals surface area contributed by atoms with Gasteiger partial charge in [-0.25, -0.2) is 0 Å². The van der Waals surface area contributed by atoms with Gasteiger partial charge in [-0.2, -0.15) is 13.2 Å². The van der Waals surface area contributed by atoms with Gasteiger partial charge in [-0.15, -0.1) is 0 Å². The van der Waals surface area contributed by atoms with Crippen LogP contribution in [0.25, 0.3) is 0 Å². The fraction of sp³-hybridized carbons (Fsp3) is 1.00. The summed E-state index contributed by atoms with van der Waals surface area (Å²) in [6.45, 7) is 3.07. The number of rotatable bonds is 8. The minimum absolute atomic E-state index is 0.390. The van der Waals surface area contributed by atoms with Gasteiger partial charge in [0.1, 0.15) is 0 Å². The number of hydrogen-bond donors (Lipinski definition) is 1. The Labute approximate surface area is 89.2 Å². The summed E-state index contributed by atoms with van der Waals surface area (Å²) in [6.07, 6.45) is -2.49. The van der Waals surface area contributed by atoms with Crippen molar-refractivity contribution in [2.75, 3.05) is 20.3 Å². The van der Waals surface area contributed by atoms with Crippen LogP contribution in [-0.4, -0.2) is 32.5 Å². The van der Waals surface area contributed by atoms with Crippen molar-refractivity contribution in [2.24, 2.45) is 0 Å². The summed E-state index contributed by atoms with van der Waals surface area (Å²) in [4.78, 5) is 0. The third-order valence-corrected chi connectivity index (χ3v) is 2.14. The highest BCUT2D eigenvalue weighted by Gasteiger charge is 2.30. The first kappa shape index (κ1) is 14.7. The van der Waals surface area contributed by atoms with E-state index in [1.165, 1.54) is 0 Å². The Balaban J connectivity index is 3.53. The van der Waals surface area contributed by atoms with Gasteiger partial charge in [-0.3, -0.25) is 0 Å². The molecule has 15 heavy (non-hydrogen) atoms. The zero-order chi connectivity index (χ0) is 11.7. The van der Waals surface area contributed by atoms with E-state index in [2.05, 4.69) is 5.32 Å².